The van der Waals surface area contributed by atoms with E-state index in [1.54, 1.807) is 11.8 Å². The third kappa shape index (κ3) is 3.54. The maximum absolute atomic E-state index is 11.8. The van der Waals surface area contributed by atoms with E-state index in [0.717, 1.165) is 21.8 Å². The summed E-state index contributed by atoms with van der Waals surface area (Å²) < 4.78 is 0. The van der Waals surface area contributed by atoms with Crippen LogP contribution in [0.2, 0.25) is 0 Å². The molecule has 1 rings (SSSR count). The van der Waals surface area contributed by atoms with Crippen molar-refractivity contribution in [2.75, 3.05) is 11.6 Å². The van der Waals surface area contributed by atoms with E-state index < -0.39 is 0 Å². The third-order valence-corrected chi connectivity index (χ3v) is 3.20. The first-order chi connectivity index (χ1) is 7.19. The third-order valence-electron chi connectivity index (χ3n) is 2.06. The van der Waals surface area contributed by atoms with Gasteiger partial charge in [0.1, 0.15) is 0 Å². The van der Waals surface area contributed by atoms with Gasteiger partial charge in [0.05, 0.1) is 0 Å². The smallest absolute Gasteiger partial charge is 0.165 e. The lowest BCUT2D eigenvalue weighted by Gasteiger charge is -2.07. The number of hydrogen-bond acceptors (Lipinski definition) is 2. The van der Waals surface area contributed by atoms with E-state index in [9.17, 15) is 4.79 Å². The normalized spacial score (nSPS) is 10.3. The minimum absolute atomic E-state index is 0.143. The van der Waals surface area contributed by atoms with Crippen molar-refractivity contribution in [2.24, 2.45) is 0 Å². The Hall–Kier alpha value is -0.470. The van der Waals surface area contributed by atoms with E-state index in [0.29, 0.717) is 12.3 Å². The zero-order chi connectivity index (χ0) is 11.3. The predicted octanol–water partition coefficient (Wildman–Crippen LogP) is 3.92. The highest BCUT2D eigenvalue weighted by molar-refractivity contribution is 7.99. The molecule has 82 valence electrons. The first kappa shape index (κ1) is 12.6. The quantitative estimate of drug-likeness (QED) is 0.442. The number of thioether (sulfide) groups is 1. The lowest BCUT2D eigenvalue weighted by atomic mass is 10.1. The van der Waals surface area contributed by atoms with Gasteiger partial charge in [-0.15, -0.1) is 23.4 Å². The summed E-state index contributed by atoms with van der Waals surface area (Å²) in [5.41, 5.74) is 1.94. The van der Waals surface area contributed by atoms with Gasteiger partial charge in [-0.1, -0.05) is 18.6 Å². The molecule has 0 amide bonds. The molecule has 1 nitrogen and oxygen atoms in total. The Morgan fingerprint density at radius 2 is 2.20 bits per heavy atom. The van der Waals surface area contributed by atoms with Crippen molar-refractivity contribution in [2.45, 2.75) is 25.2 Å². The molecular weight excluding hydrogens is 228 g/mol. The van der Waals surface area contributed by atoms with Gasteiger partial charge in [-0.05, 0) is 24.8 Å². The van der Waals surface area contributed by atoms with Crippen molar-refractivity contribution in [3.8, 4) is 0 Å². The fourth-order valence-electron chi connectivity index (χ4n) is 1.36. The minimum Gasteiger partial charge on any atom is -0.294 e. The number of alkyl halides is 1. The van der Waals surface area contributed by atoms with Crippen molar-refractivity contribution < 1.29 is 4.79 Å². The molecule has 0 bridgehead atoms. The van der Waals surface area contributed by atoms with E-state index in [2.05, 4.69) is 6.92 Å². The van der Waals surface area contributed by atoms with Crippen molar-refractivity contribution in [1.82, 2.24) is 0 Å². The summed E-state index contributed by atoms with van der Waals surface area (Å²) in [7, 11) is 0. The van der Waals surface area contributed by atoms with Gasteiger partial charge in [0.25, 0.3) is 0 Å². The molecule has 0 aliphatic heterocycles. The van der Waals surface area contributed by atoms with E-state index in [-0.39, 0.29) is 5.78 Å². The maximum Gasteiger partial charge on any atom is 0.165 e. The number of halogens is 1. The molecule has 0 aliphatic rings. The topological polar surface area (TPSA) is 17.1 Å². The molecule has 0 unspecified atom stereocenters. The van der Waals surface area contributed by atoms with Crippen molar-refractivity contribution >= 4 is 29.1 Å². The molecule has 0 saturated heterocycles. The van der Waals surface area contributed by atoms with E-state index in [4.69, 9.17) is 11.6 Å². The average molecular weight is 243 g/mol. The van der Waals surface area contributed by atoms with Crippen LogP contribution in [0, 0.1) is 6.92 Å². The number of rotatable bonds is 5. The molecular formula is C12H15ClOS. The van der Waals surface area contributed by atoms with Crippen LogP contribution in [0.15, 0.2) is 23.1 Å². The second-order valence-electron chi connectivity index (χ2n) is 3.29. The molecule has 3 heteroatoms. The Bertz CT molecular complexity index is 349. The molecule has 15 heavy (non-hydrogen) atoms. The summed E-state index contributed by atoms with van der Waals surface area (Å²) in [5, 5.41) is 0. The Labute approximate surface area is 100 Å². The molecule has 0 atom stereocenters. The SMILES string of the molecule is CCSc1ccc(C)cc1C(=O)CCCl. The van der Waals surface area contributed by atoms with Crippen LogP contribution in [0.3, 0.4) is 0 Å². The van der Waals surface area contributed by atoms with Crippen LogP contribution in [-0.4, -0.2) is 17.4 Å². The van der Waals surface area contributed by atoms with Gasteiger partial charge >= 0.3 is 0 Å². The molecule has 1 aromatic rings. The Kier molecular flexibility index (Phi) is 5.20. The highest BCUT2D eigenvalue weighted by Crippen LogP contribution is 2.24. The van der Waals surface area contributed by atoms with Gasteiger partial charge in [-0.3, -0.25) is 4.79 Å². The van der Waals surface area contributed by atoms with E-state index >= 15 is 0 Å². The molecule has 0 fully saturated rings. The molecule has 1 aromatic carbocycles. The largest absolute Gasteiger partial charge is 0.294 e. The summed E-state index contributed by atoms with van der Waals surface area (Å²) in [5.74, 6) is 1.51. The highest BCUT2D eigenvalue weighted by atomic mass is 35.5. The van der Waals surface area contributed by atoms with Gasteiger partial charge in [0.15, 0.2) is 5.78 Å². The second-order valence-corrected chi connectivity index (χ2v) is 4.98. The van der Waals surface area contributed by atoms with E-state index in [1.165, 1.54) is 0 Å². The molecule has 0 aromatic heterocycles. The summed E-state index contributed by atoms with van der Waals surface area (Å²) in [6.45, 7) is 4.08. The van der Waals surface area contributed by atoms with Gasteiger partial charge < -0.3 is 0 Å². The number of benzene rings is 1. The van der Waals surface area contributed by atoms with Crippen molar-refractivity contribution in [1.29, 1.82) is 0 Å². The highest BCUT2D eigenvalue weighted by Gasteiger charge is 2.10. The molecule has 0 saturated carbocycles. The van der Waals surface area contributed by atoms with Gasteiger partial charge in [0, 0.05) is 22.8 Å². The number of carbonyl (C=O) groups excluding carboxylic acids is 1. The maximum atomic E-state index is 11.8. The van der Waals surface area contributed by atoms with Crippen LogP contribution in [0.25, 0.3) is 0 Å². The zero-order valence-electron chi connectivity index (χ0n) is 9.05. The standard InChI is InChI=1S/C12H15ClOS/c1-3-15-12-5-4-9(2)8-10(12)11(14)6-7-13/h4-5,8H,3,6-7H2,1-2H3. The average Bonchev–Trinajstić information content (AvgIpc) is 2.21. The Morgan fingerprint density at radius 3 is 2.80 bits per heavy atom. The number of ketones is 1. The summed E-state index contributed by atoms with van der Waals surface area (Å²) in [6, 6.07) is 6.01. The van der Waals surface area contributed by atoms with Crippen LogP contribution in [0.5, 0.6) is 0 Å². The second kappa shape index (κ2) is 6.19. The zero-order valence-corrected chi connectivity index (χ0v) is 10.6. The van der Waals surface area contributed by atoms with Crippen molar-refractivity contribution in [3.63, 3.8) is 0 Å². The molecule has 0 spiro atoms. The lowest BCUT2D eigenvalue weighted by molar-refractivity contribution is 0.0986. The molecule has 0 heterocycles. The fourth-order valence-corrected chi connectivity index (χ4v) is 2.34. The Morgan fingerprint density at radius 1 is 1.47 bits per heavy atom. The molecule has 0 radical (unpaired) electrons. The van der Waals surface area contributed by atoms with Crippen LogP contribution >= 0.6 is 23.4 Å². The number of carbonyl (C=O) groups is 1. The summed E-state index contributed by atoms with van der Waals surface area (Å²) in [6.07, 6.45) is 0.419. The number of aryl methyl sites for hydroxylation is 1. The van der Waals surface area contributed by atoms with Gasteiger partial charge in [0.2, 0.25) is 0 Å². The first-order valence-electron chi connectivity index (χ1n) is 5.01. The van der Waals surface area contributed by atoms with Crippen molar-refractivity contribution in [3.05, 3.63) is 29.3 Å². The fraction of sp³-hybridized carbons (Fsp3) is 0.417. The van der Waals surface area contributed by atoms with Crippen LogP contribution in [0.1, 0.15) is 29.3 Å². The minimum atomic E-state index is 0.143. The molecule has 0 N–H and O–H groups in total. The van der Waals surface area contributed by atoms with Crippen LogP contribution in [-0.2, 0) is 0 Å². The summed E-state index contributed by atoms with van der Waals surface area (Å²) >= 11 is 7.29. The van der Waals surface area contributed by atoms with Crippen LogP contribution in [0.4, 0.5) is 0 Å². The van der Waals surface area contributed by atoms with Crippen LogP contribution < -0.4 is 0 Å². The Balaban J connectivity index is 3.00. The number of hydrogen-bond donors (Lipinski definition) is 0. The number of Topliss-reactive ketones (excluding diaryl/α,β-unsaturated/α-hetero) is 1. The lowest BCUT2D eigenvalue weighted by Crippen LogP contribution is -2.02. The summed E-state index contributed by atoms with van der Waals surface area (Å²) in [4.78, 5) is 12.9. The van der Waals surface area contributed by atoms with Gasteiger partial charge in [-0.25, -0.2) is 0 Å². The molecule has 0 aliphatic carbocycles. The predicted molar refractivity (Wildman–Crippen MR) is 67.2 cm³/mol. The van der Waals surface area contributed by atoms with Gasteiger partial charge in [-0.2, -0.15) is 0 Å². The monoisotopic (exact) mass is 242 g/mol. The first-order valence-corrected chi connectivity index (χ1v) is 6.53. The van der Waals surface area contributed by atoms with E-state index in [1.807, 2.05) is 25.1 Å².